The molecule has 1 N–H and O–H groups in total. The van der Waals surface area contributed by atoms with E-state index in [4.69, 9.17) is 26.2 Å². The molecule has 0 fully saturated rings. The average Bonchev–Trinajstić information content (AvgIpc) is 0.755. The van der Waals surface area contributed by atoms with Crippen LogP contribution >= 0.6 is 22.0 Å². The molecule has 30 heteroatoms. The number of nitro groups is 6. The van der Waals surface area contributed by atoms with Gasteiger partial charge in [-0.05, 0) is 52.8 Å². The van der Waals surface area contributed by atoms with Crippen LogP contribution in [0.1, 0.15) is 0 Å². The van der Waals surface area contributed by atoms with E-state index in [1.807, 2.05) is 182 Å². The van der Waals surface area contributed by atoms with Gasteiger partial charge in [-0.2, -0.15) is 0 Å². The van der Waals surface area contributed by atoms with E-state index >= 15 is 0 Å². The zero-order chi connectivity index (χ0) is 72.9. The second-order valence-corrected chi connectivity index (χ2v) is 29.0. The largest absolute Gasteiger partial charge is 0.715 e. The fourth-order valence-corrected chi connectivity index (χ4v) is 19.2. The molecule has 0 aliphatic heterocycles. The van der Waals surface area contributed by atoms with Gasteiger partial charge in [0.1, 0.15) is 11.4 Å². The van der Waals surface area contributed by atoms with Gasteiger partial charge in [-0.1, -0.05) is 278 Å². The number of nitro benzene ring substituents is 6. The standard InChI is InChI=1S/C24H18N5O4P.C24H18N3O4P.C18H15P.C6H3N5O4.HN2/c30-28(31)19-16-17-23(24(18-19)29(32)33)25-26-27-34(20-10-4-1-5-11-20,21-12-6-2-7-13-21)22-14-8-3-9-15-22;28-26(29)19-16-17-23(24(18-19)27(30)31)25-32(20-10-4-1-5-11-20,21-12-6-2-7-13-21)22-14-8-3-9-15-22;1-4-10-16(11-5-1)19(17-12-6-2-7-13-17)18-14-8-3-9-15-18;7-9-8-5-2-1-4(10(12)13)3-6(5)11(14)15;1-2/h1-18H;1-18H;1-15H;1-3H;1H/q;;;;-1. The monoisotopic (exact) mass is 1410 g/mol. The summed E-state index contributed by atoms with van der Waals surface area (Å²) in [7, 11) is -5.84. The predicted molar refractivity (Wildman–Crippen MR) is 399 cm³/mol. The molecule has 0 atom stereocenters. The van der Waals surface area contributed by atoms with Crippen molar-refractivity contribution < 1.29 is 29.5 Å². The Labute approximate surface area is 582 Å². The van der Waals surface area contributed by atoms with Crippen molar-refractivity contribution in [3.05, 3.63) is 404 Å². The SMILES string of the molecule is O=[N+]([O-])c1ccc(N=NN=P(c2ccccc2)(c2ccccc2)c2ccccc2)c([N+](=O)[O-])c1.O=[N+]([O-])c1ccc(N=P(c2ccccc2)(c2ccccc2)c2ccccc2)c([N+](=O)[O-])c1.[N-]=N.[N-]=[N+]=Nc1ccc([N+](=O)[O-])cc1[N+](=O)[O-].c1ccc(P(c2ccccc2)c2ccccc2)cc1. The molecule has 27 nitrogen and oxygen atoms in total. The summed E-state index contributed by atoms with van der Waals surface area (Å²) in [5.41, 5.74) is 16.1. The Hall–Kier alpha value is -13.6. The Balaban J connectivity index is 0.000000179. The van der Waals surface area contributed by atoms with Crippen molar-refractivity contribution in [1.29, 1.82) is 5.53 Å². The van der Waals surface area contributed by atoms with Crippen molar-refractivity contribution in [3.8, 4) is 0 Å². The van der Waals surface area contributed by atoms with Crippen LogP contribution in [0.2, 0.25) is 0 Å². The Morgan fingerprint density at radius 2 is 0.559 bits per heavy atom. The highest BCUT2D eigenvalue weighted by molar-refractivity contribution is 7.88. The van der Waals surface area contributed by atoms with Crippen LogP contribution < -0.4 is 47.7 Å². The summed E-state index contributed by atoms with van der Waals surface area (Å²) in [5.74, 6) is 0. The number of benzene rings is 12. The molecule has 12 aromatic rings. The first-order valence-electron chi connectivity index (χ1n) is 30.0. The average molecular weight is 1420 g/mol. The highest BCUT2D eigenvalue weighted by Crippen LogP contribution is 2.52. The fourth-order valence-electron chi connectivity index (χ4n) is 10.2. The summed E-state index contributed by atoms with van der Waals surface area (Å²) in [6, 6.07) is 100.0. The first kappa shape index (κ1) is 74.2. The molecule has 0 saturated heterocycles. The van der Waals surface area contributed by atoms with E-state index in [1.54, 1.807) is 0 Å². The van der Waals surface area contributed by atoms with Gasteiger partial charge in [0.2, 0.25) is 0 Å². The molecule has 0 saturated carbocycles. The third kappa shape index (κ3) is 18.5. The van der Waals surface area contributed by atoms with Gasteiger partial charge in [0.15, 0.2) is 5.69 Å². The summed E-state index contributed by atoms with van der Waals surface area (Å²) < 4.78 is 5.07. The molecule has 0 spiro atoms. The van der Waals surface area contributed by atoms with E-state index in [0.717, 1.165) is 68.2 Å². The van der Waals surface area contributed by atoms with Crippen LogP contribution in [-0.2, 0) is 0 Å². The highest BCUT2D eigenvalue weighted by atomic mass is 31.2. The molecule has 0 radical (unpaired) electrons. The maximum Gasteiger partial charge on any atom is 0.303 e. The lowest BCUT2D eigenvalue weighted by Gasteiger charge is -2.26. The normalized spacial score (nSPS) is 10.6. The number of rotatable bonds is 19. The molecule has 0 heterocycles. The van der Waals surface area contributed by atoms with E-state index in [2.05, 4.69) is 111 Å². The highest BCUT2D eigenvalue weighted by Gasteiger charge is 2.31. The summed E-state index contributed by atoms with van der Waals surface area (Å²) in [6.45, 7) is 0. The van der Waals surface area contributed by atoms with Crippen LogP contribution in [0.15, 0.2) is 353 Å². The van der Waals surface area contributed by atoms with Crippen molar-refractivity contribution in [3.63, 3.8) is 0 Å². The first-order valence-corrected chi connectivity index (χ1v) is 34.9. The molecular formula is C72H55N15O12P3-. The van der Waals surface area contributed by atoms with E-state index in [0.29, 0.717) is 0 Å². The minimum Gasteiger partial charge on any atom is -0.715 e. The zero-order valence-electron chi connectivity index (χ0n) is 53.2. The van der Waals surface area contributed by atoms with Crippen LogP contribution in [0.25, 0.3) is 16.0 Å². The quantitative estimate of drug-likeness (QED) is 0.0197. The third-order valence-corrected chi connectivity index (χ3v) is 24.2. The van der Waals surface area contributed by atoms with Gasteiger partial charge < -0.3 is 11.1 Å². The van der Waals surface area contributed by atoms with Gasteiger partial charge in [-0.3, -0.25) is 60.7 Å². The Kier molecular flexibility index (Phi) is 26.7. The van der Waals surface area contributed by atoms with Gasteiger partial charge in [-0.25, -0.2) is 4.74 Å². The topological polar surface area (TPSA) is 403 Å². The van der Waals surface area contributed by atoms with Crippen LogP contribution in [0.4, 0.5) is 51.2 Å². The zero-order valence-corrected chi connectivity index (χ0v) is 55.9. The molecular weight excluding hydrogens is 1360 g/mol. The van der Waals surface area contributed by atoms with Crippen molar-refractivity contribution in [2.24, 2.45) is 25.1 Å². The number of non-ortho nitro benzene ring substituents is 3. The number of hydrogen-bond donors (Lipinski definition) is 1. The number of azide groups is 1. The van der Waals surface area contributed by atoms with Crippen LogP contribution in [0, 0.1) is 66.2 Å². The molecule has 102 heavy (non-hydrogen) atoms. The minimum absolute atomic E-state index is 0.102. The smallest absolute Gasteiger partial charge is 0.303 e. The second-order valence-electron chi connectivity index (χ2n) is 20.8. The van der Waals surface area contributed by atoms with Crippen molar-refractivity contribution >= 4 is 121 Å². The molecule has 12 aromatic carbocycles. The Morgan fingerprint density at radius 1 is 0.314 bits per heavy atom. The van der Waals surface area contributed by atoms with E-state index in [1.165, 1.54) is 34.1 Å². The van der Waals surface area contributed by atoms with E-state index in [-0.39, 0.29) is 22.7 Å². The Bertz CT molecular complexity index is 4790. The van der Waals surface area contributed by atoms with Crippen LogP contribution in [-0.4, -0.2) is 29.5 Å². The number of hydrogen-bond acceptors (Lipinski definition) is 16. The minimum atomic E-state index is -2.73. The maximum atomic E-state index is 11.8. The predicted octanol–water partition coefficient (Wildman–Crippen LogP) is 17.5. The molecule has 0 amide bonds. The van der Waals surface area contributed by atoms with Crippen molar-refractivity contribution in [2.45, 2.75) is 0 Å². The van der Waals surface area contributed by atoms with E-state index < -0.39 is 80.0 Å². The molecule has 12 rings (SSSR count). The molecule has 0 bridgehead atoms. The van der Waals surface area contributed by atoms with Crippen LogP contribution in [0.5, 0.6) is 0 Å². The second kappa shape index (κ2) is 36.7. The lowest BCUT2D eigenvalue weighted by molar-refractivity contribution is -0.393. The summed E-state index contributed by atoms with van der Waals surface area (Å²) in [4.78, 5) is 69.1. The van der Waals surface area contributed by atoms with E-state index in [9.17, 15) is 60.7 Å². The van der Waals surface area contributed by atoms with Crippen LogP contribution in [0.3, 0.4) is 0 Å². The Morgan fingerprint density at radius 3 is 0.833 bits per heavy atom. The third-order valence-electron chi connectivity index (χ3n) is 14.7. The first-order chi connectivity index (χ1) is 49.5. The number of nitrogens with zero attached hydrogens (tertiary/aromatic N) is 14. The molecule has 0 aromatic heterocycles. The van der Waals surface area contributed by atoms with Gasteiger partial charge >= 0.3 is 11.4 Å². The summed E-state index contributed by atoms with van der Waals surface area (Å²) in [5, 5.41) is 87.2. The number of nitrogens with one attached hydrogen (secondary N) is 1. The lowest BCUT2D eigenvalue weighted by atomic mass is 10.2. The molecule has 0 aliphatic rings. The van der Waals surface area contributed by atoms with Gasteiger partial charge in [0.25, 0.3) is 22.7 Å². The fraction of sp³-hybridized carbons (Fsp3) is 0. The van der Waals surface area contributed by atoms with Crippen molar-refractivity contribution in [1.82, 2.24) is 0 Å². The van der Waals surface area contributed by atoms with Gasteiger partial charge in [0.05, 0.1) is 61.8 Å². The summed E-state index contributed by atoms with van der Waals surface area (Å²) in [6.07, 6.45) is 0. The summed E-state index contributed by atoms with van der Waals surface area (Å²) >= 11 is 0. The molecule has 0 unspecified atom stereocenters. The van der Waals surface area contributed by atoms with Crippen molar-refractivity contribution in [2.75, 3.05) is 0 Å². The molecule has 506 valence electrons. The maximum absolute atomic E-state index is 11.8. The lowest BCUT2D eigenvalue weighted by Crippen LogP contribution is -2.25. The van der Waals surface area contributed by atoms with Gasteiger partial charge in [-0.15, -0.1) is 9.97 Å². The molecule has 0 aliphatic carbocycles. The van der Waals surface area contributed by atoms with Gasteiger partial charge in [0, 0.05) is 54.9 Å².